The predicted molar refractivity (Wildman–Crippen MR) is 164 cm³/mol. The number of piperidine rings is 1. The van der Waals surface area contributed by atoms with Crippen molar-refractivity contribution in [1.82, 2.24) is 19.7 Å². The molecule has 1 aliphatic carbocycles. The molecule has 3 aliphatic heterocycles. The van der Waals surface area contributed by atoms with Crippen molar-refractivity contribution in [1.29, 1.82) is 0 Å². The van der Waals surface area contributed by atoms with Gasteiger partial charge in [-0.25, -0.2) is 9.07 Å². The lowest BCUT2D eigenvalue weighted by molar-refractivity contribution is -0.135. The lowest BCUT2D eigenvalue weighted by Crippen LogP contribution is -2.51. The fraction of sp³-hybridized carbons (Fsp3) is 0.677. The van der Waals surface area contributed by atoms with Gasteiger partial charge in [-0.3, -0.25) is 14.6 Å². The second kappa shape index (κ2) is 12.7. The molecular weight excluding hydrogens is 551 g/mol. The first-order chi connectivity index (χ1) is 20.9. The molecule has 0 bridgehead atoms. The number of nitrogens with zero attached hydrogens (tertiary/aromatic N) is 5. The molecular formula is C31H45FN8O3. The van der Waals surface area contributed by atoms with E-state index in [0.717, 1.165) is 57.2 Å². The number of nitrogens with two attached hydrogens (primary N) is 1. The minimum absolute atomic E-state index is 0.0132. The number of alkyl halides is 1. The first kappa shape index (κ1) is 29.7. The van der Waals surface area contributed by atoms with Gasteiger partial charge in [-0.05, 0) is 38.2 Å². The van der Waals surface area contributed by atoms with Gasteiger partial charge in [0, 0.05) is 51.9 Å². The Balaban J connectivity index is 1.17. The maximum Gasteiger partial charge on any atom is 0.263 e. The van der Waals surface area contributed by atoms with E-state index < -0.39 is 17.6 Å². The molecule has 12 heteroatoms. The van der Waals surface area contributed by atoms with Crippen molar-refractivity contribution in [3.8, 4) is 0 Å². The van der Waals surface area contributed by atoms with Crippen LogP contribution >= 0.6 is 0 Å². The van der Waals surface area contributed by atoms with E-state index in [-0.39, 0.29) is 35.9 Å². The van der Waals surface area contributed by atoms with E-state index in [1.807, 2.05) is 11.0 Å². The molecule has 4 N–H and O–H groups in total. The summed E-state index contributed by atoms with van der Waals surface area (Å²) in [6.45, 7) is 2.93. The summed E-state index contributed by atoms with van der Waals surface area (Å²) in [5, 5.41) is 10.7. The summed E-state index contributed by atoms with van der Waals surface area (Å²) in [6.07, 6.45) is 12.4. The lowest BCUT2D eigenvalue weighted by Gasteiger charge is -2.42. The van der Waals surface area contributed by atoms with Gasteiger partial charge in [-0.2, -0.15) is 5.10 Å². The average Bonchev–Trinajstić information content (AvgIpc) is 3.67. The van der Waals surface area contributed by atoms with E-state index in [4.69, 9.17) is 10.5 Å². The maximum atomic E-state index is 15.7. The smallest absolute Gasteiger partial charge is 0.263 e. The summed E-state index contributed by atoms with van der Waals surface area (Å²) in [5.74, 6) is 0.384. The van der Waals surface area contributed by atoms with Crippen molar-refractivity contribution < 1.29 is 18.7 Å². The number of hydrogen-bond acceptors (Lipinski definition) is 8. The Morgan fingerprint density at radius 2 is 1.81 bits per heavy atom. The molecule has 2 aromatic rings. The molecule has 2 aromatic heterocycles. The summed E-state index contributed by atoms with van der Waals surface area (Å²) >= 11 is 0. The van der Waals surface area contributed by atoms with E-state index in [1.165, 1.54) is 12.8 Å². The van der Waals surface area contributed by atoms with Crippen molar-refractivity contribution in [2.45, 2.75) is 88.4 Å². The molecule has 2 amide bonds. The standard InChI is InChI=1S/C31H45FN8O3/c1-43-22-11-17-39(20-22)30(42)21-9-15-38(16-10-21)24-8-14-34-18-23(24)36-29(41)26-27(33)37-40-28(26)35-19-25(32)31(40)12-6-4-2-3-5-7-13-31/h8,14,18,21-22,25,35H,2-7,9-13,15-17,19-20H2,1H3,(H2,33,37)(H,36,41)/t22-,25?/m0/s1. The molecule has 3 fully saturated rings. The molecule has 4 aliphatic rings. The number of nitrogens with one attached hydrogen (secondary N) is 2. The number of amides is 2. The molecule has 0 radical (unpaired) electrons. The van der Waals surface area contributed by atoms with Crippen LogP contribution in [0.3, 0.4) is 0 Å². The van der Waals surface area contributed by atoms with Crippen LogP contribution in [0.15, 0.2) is 18.5 Å². The van der Waals surface area contributed by atoms with Crippen LogP contribution in [0.25, 0.3) is 0 Å². The zero-order valence-corrected chi connectivity index (χ0v) is 25.2. The van der Waals surface area contributed by atoms with Gasteiger partial charge in [0.15, 0.2) is 5.82 Å². The summed E-state index contributed by atoms with van der Waals surface area (Å²) in [5.41, 5.74) is 7.24. The largest absolute Gasteiger partial charge is 0.381 e. The molecule has 1 spiro atoms. The van der Waals surface area contributed by atoms with Crippen molar-refractivity contribution in [2.75, 3.05) is 61.1 Å². The Bertz CT molecular complexity index is 1300. The number of aromatic nitrogens is 3. The van der Waals surface area contributed by atoms with Gasteiger partial charge in [0.2, 0.25) is 5.91 Å². The Kier molecular flexibility index (Phi) is 8.74. The van der Waals surface area contributed by atoms with Gasteiger partial charge in [0.25, 0.3) is 5.91 Å². The Morgan fingerprint density at radius 3 is 2.51 bits per heavy atom. The van der Waals surface area contributed by atoms with E-state index >= 15 is 4.39 Å². The number of methoxy groups -OCH3 is 1. The third-order valence-electron chi connectivity index (χ3n) is 10.1. The van der Waals surface area contributed by atoms with Crippen molar-refractivity contribution in [2.24, 2.45) is 5.92 Å². The molecule has 0 aromatic carbocycles. The van der Waals surface area contributed by atoms with Crippen molar-refractivity contribution in [3.05, 3.63) is 24.0 Å². The monoisotopic (exact) mass is 596 g/mol. The van der Waals surface area contributed by atoms with Gasteiger partial charge in [0.1, 0.15) is 17.6 Å². The molecule has 2 atom stereocenters. The van der Waals surface area contributed by atoms with E-state index in [1.54, 1.807) is 24.2 Å². The highest BCUT2D eigenvalue weighted by atomic mass is 19.1. The van der Waals surface area contributed by atoms with Crippen LogP contribution in [0.5, 0.6) is 0 Å². The van der Waals surface area contributed by atoms with Crippen LogP contribution in [0.1, 0.15) is 81.0 Å². The summed E-state index contributed by atoms with van der Waals surface area (Å²) in [4.78, 5) is 35.3. The normalized spacial score (nSPS) is 24.5. The van der Waals surface area contributed by atoms with E-state index in [0.29, 0.717) is 44.0 Å². The summed E-state index contributed by atoms with van der Waals surface area (Å²) in [6, 6.07) is 1.89. The van der Waals surface area contributed by atoms with Gasteiger partial charge < -0.3 is 30.9 Å². The first-order valence-corrected chi connectivity index (χ1v) is 16.0. The second-order valence-corrected chi connectivity index (χ2v) is 12.6. The second-order valence-electron chi connectivity index (χ2n) is 12.6. The number of anilines is 4. The molecule has 6 rings (SSSR count). The van der Waals surface area contributed by atoms with E-state index in [9.17, 15) is 9.59 Å². The highest BCUT2D eigenvalue weighted by molar-refractivity contribution is 6.12. The lowest BCUT2D eigenvalue weighted by atomic mass is 9.82. The van der Waals surface area contributed by atoms with Gasteiger partial charge in [0.05, 0.1) is 29.2 Å². The van der Waals surface area contributed by atoms with Crippen LogP contribution in [-0.2, 0) is 15.1 Å². The average molecular weight is 597 g/mol. The number of carbonyl (C=O) groups is 2. The summed E-state index contributed by atoms with van der Waals surface area (Å²) < 4.78 is 22.8. The number of nitrogen functional groups attached to an aromatic ring is 1. The zero-order chi connectivity index (χ0) is 30.0. The SMILES string of the molecule is CO[C@H]1CCN(C(=O)C2CCN(c3ccncc3NC(=O)c3c(N)nn4c3NCC(F)C43CCCCCCCC3)CC2)C1. The fourth-order valence-electron chi connectivity index (χ4n) is 7.56. The predicted octanol–water partition coefficient (Wildman–Crippen LogP) is 4.17. The number of carbonyl (C=O) groups excluding carboxylic acids is 2. The number of halogens is 1. The zero-order valence-electron chi connectivity index (χ0n) is 25.2. The van der Waals surface area contributed by atoms with Crippen LogP contribution in [0.4, 0.5) is 27.4 Å². The van der Waals surface area contributed by atoms with Crippen LogP contribution in [-0.4, -0.2) is 83.6 Å². The number of pyridine rings is 1. The molecule has 43 heavy (non-hydrogen) atoms. The van der Waals surface area contributed by atoms with Crippen LogP contribution < -0.4 is 21.3 Å². The Labute approximate surface area is 252 Å². The molecule has 1 unspecified atom stereocenters. The van der Waals surface area contributed by atoms with Crippen molar-refractivity contribution in [3.63, 3.8) is 0 Å². The van der Waals surface area contributed by atoms with Gasteiger partial charge in [-0.1, -0.05) is 38.5 Å². The molecule has 5 heterocycles. The molecule has 2 saturated heterocycles. The van der Waals surface area contributed by atoms with Crippen LogP contribution in [0.2, 0.25) is 0 Å². The Morgan fingerprint density at radius 1 is 1.09 bits per heavy atom. The maximum absolute atomic E-state index is 15.7. The Hall–Kier alpha value is -3.41. The number of likely N-dealkylation sites (tertiary alicyclic amines) is 1. The van der Waals surface area contributed by atoms with E-state index in [2.05, 4.69) is 25.6 Å². The molecule has 1 saturated carbocycles. The van der Waals surface area contributed by atoms with Gasteiger partial charge >= 0.3 is 0 Å². The quantitative estimate of drug-likeness (QED) is 0.469. The highest BCUT2D eigenvalue weighted by Crippen LogP contribution is 2.44. The number of fused-ring (bicyclic) bond motifs is 2. The van der Waals surface area contributed by atoms with Gasteiger partial charge in [-0.15, -0.1) is 0 Å². The minimum Gasteiger partial charge on any atom is -0.381 e. The molecule has 11 nitrogen and oxygen atoms in total. The minimum atomic E-state index is -1.11. The number of hydrogen-bond donors (Lipinski definition) is 3. The third kappa shape index (κ3) is 5.77. The third-order valence-corrected chi connectivity index (χ3v) is 10.1. The highest BCUT2D eigenvalue weighted by Gasteiger charge is 2.47. The fourth-order valence-corrected chi connectivity index (χ4v) is 7.56. The van der Waals surface area contributed by atoms with Crippen LogP contribution in [0, 0.1) is 5.92 Å². The first-order valence-electron chi connectivity index (χ1n) is 16.0. The number of rotatable bonds is 5. The molecule has 234 valence electrons. The summed E-state index contributed by atoms with van der Waals surface area (Å²) in [7, 11) is 1.70. The number of ether oxygens (including phenoxy) is 1. The van der Waals surface area contributed by atoms with Crippen molar-refractivity contribution >= 4 is 34.8 Å². The topological polar surface area (TPSA) is 131 Å².